The van der Waals surface area contributed by atoms with E-state index in [1.54, 1.807) is 12.1 Å². The molecule has 0 amide bonds. The van der Waals surface area contributed by atoms with E-state index in [0.29, 0.717) is 10.6 Å². The molecule has 0 unspecified atom stereocenters. The largest absolute Gasteiger partial charge is 0.368 e. The number of para-hydroxylation sites is 1. The van der Waals surface area contributed by atoms with E-state index < -0.39 is 10.0 Å². The van der Waals surface area contributed by atoms with Gasteiger partial charge in [0.1, 0.15) is 4.90 Å². The molecular weight excluding hydrogens is 374 g/mol. The van der Waals surface area contributed by atoms with Gasteiger partial charge in [0.05, 0.1) is 18.1 Å². The Hall–Kier alpha value is -1.90. The standard InChI is InChI=1S/C20H29N5O2S/c1-3-10-25-15(2)17(13-21-25)14-24-11-8-16(9-12-24)20-22-18-6-4-5-7-19(18)28(26,27)23-20/h4-7,13,16,20,22-23H,3,8-12,14H2,1-2H3/t20-/m1/s1. The summed E-state index contributed by atoms with van der Waals surface area (Å²) in [5, 5.41) is 7.89. The third-order valence-corrected chi connectivity index (χ3v) is 7.41. The molecule has 8 heteroatoms. The van der Waals surface area contributed by atoms with Crippen molar-refractivity contribution in [3.05, 3.63) is 41.7 Å². The number of fused-ring (bicyclic) bond motifs is 1. The number of benzene rings is 1. The van der Waals surface area contributed by atoms with Crippen LogP contribution in [-0.4, -0.2) is 42.4 Å². The quantitative estimate of drug-likeness (QED) is 0.802. The molecule has 2 aromatic rings. The first-order chi connectivity index (χ1) is 13.5. The zero-order chi connectivity index (χ0) is 19.7. The molecular formula is C20H29N5O2S. The van der Waals surface area contributed by atoms with Gasteiger partial charge in [0.15, 0.2) is 0 Å². The number of piperidine rings is 1. The van der Waals surface area contributed by atoms with Crippen molar-refractivity contribution < 1.29 is 8.42 Å². The molecule has 3 heterocycles. The van der Waals surface area contributed by atoms with E-state index in [1.807, 2.05) is 18.3 Å². The van der Waals surface area contributed by atoms with Crippen LogP contribution < -0.4 is 10.0 Å². The van der Waals surface area contributed by atoms with Crippen molar-refractivity contribution in [2.24, 2.45) is 5.92 Å². The molecule has 1 aromatic carbocycles. The highest BCUT2D eigenvalue weighted by molar-refractivity contribution is 7.89. The van der Waals surface area contributed by atoms with Gasteiger partial charge < -0.3 is 5.32 Å². The van der Waals surface area contributed by atoms with Crippen molar-refractivity contribution in [3.63, 3.8) is 0 Å². The zero-order valence-electron chi connectivity index (χ0n) is 16.6. The Morgan fingerprint density at radius 2 is 1.96 bits per heavy atom. The normalized spacial score (nSPS) is 22.6. The molecule has 1 fully saturated rings. The minimum Gasteiger partial charge on any atom is -0.368 e. The number of aromatic nitrogens is 2. The fourth-order valence-electron chi connectivity index (χ4n) is 4.22. The predicted molar refractivity (Wildman–Crippen MR) is 109 cm³/mol. The second-order valence-electron chi connectivity index (χ2n) is 7.83. The van der Waals surface area contributed by atoms with Crippen LogP contribution in [0, 0.1) is 12.8 Å². The number of likely N-dealkylation sites (tertiary alicyclic amines) is 1. The Bertz CT molecular complexity index is 932. The molecule has 28 heavy (non-hydrogen) atoms. The summed E-state index contributed by atoms with van der Waals surface area (Å²) in [7, 11) is -3.45. The van der Waals surface area contributed by atoms with Gasteiger partial charge in [0.2, 0.25) is 10.0 Å². The summed E-state index contributed by atoms with van der Waals surface area (Å²) in [6.45, 7) is 8.10. The first-order valence-electron chi connectivity index (χ1n) is 10.1. The maximum absolute atomic E-state index is 12.6. The number of nitrogens with zero attached hydrogens (tertiary/aromatic N) is 3. The first kappa shape index (κ1) is 19.4. The lowest BCUT2D eigenvalue weighted by Gasteiger charge is -2.38. The molecule has 0 bridgehead atoms. The summed E-state index contributed by atoms with van der Waals surface area (Å²) in [6, 6.07) is 7.10. The molecule has 7 nitrogen and oxygen atoms in total. The van der Waals surface area contributed by atoms with Crippen LogP contribution in [-0.2, 0) is 23.1 Å². The number of rotatable bonds is 5. The second-order valence-corrected chi connectivity index (χ2v) is 9.51. The van der Waals surface area contributed by atoms with Gasteiger partial charge >= 0.3 is 0 Å². The Morgan fingerprint density at radius 1 is 1.21 bits per heavy atom. The zero-order valence-corrected chi connectivity index (χ0v) is 17.4. The van der Waals surface area contributed by atoms with E-state index in [4.69, 9.17) is 0 Å². The van der Waals surface area contributed by atoms with E-state index in [-0.39, 0.29) is 12.1 Å². The number of aryl methyl sites for hydroxylation is 1. The molecule has 1 saturated heterocycles. The van der Waals surface area contributed by atoms with Crippen LogP contribution in [0.15, 0.2) is 35.4 Å². The van der Waals surface area contributed by atoms with Gasteiger partial charge in [-0.1, -0.05) is 19.1 Å². The van der Waals surface area contributed by atoms with Crippen LogP contribution >= 0.6 is 0 Å². The molecule has 2 aliphatic rings. The van der Waals surface area contributed by atoms with Crippen molar-refractivity contribution in [2.75, 3.05) is 18.4 Å². The molecule has 0 radical (unpaired) electrons. The van der Waals surface area contributed by atoms with Crippen molar-refractivity contribution in [3.8, 4) is 0 Å². The molecule has 2 aliphatic heterocycles. The van der Waals surface area contributed by atoms with Crippen LogP contribution in [0.4, 0.5) is 5.69 Å². The topological polar surface area (TPSA) is 79.3 Å². The van der Waals surface area contributed by atoms with Gasteiger partial charge in [0.25, 0.3) is 0 Å². The number of sulfonamides is 1. The van der Waals surface area contributed by atoms with Crippen LogP contribution in [0.1, 0.15) is 37.4 Å². The third kappa shape index (κ3) is 3.81. The summed E-state index contributed by atoms with van der Waals surface area (Å²) >= 11 is 0. The maximum Gasteiger partial charge on any atom is 0.244 e. The molecule has 4 rings (SSSR count). The summed E-state index contributed by atoms with van der Waals surface area (Å²) in [5.74, 6) is 0.281. The van der Waals surface area contributed by atoms with Crippen molar-refractivity contribution in [1.82, 2.24) is 19.4 Å². The van der Waals surface area contributed by atoms with Crippen LogP contribution in [0.25, 0.3) is 0 Å². The summed E-state index contributed by atoms with van der Waals surface area (Å²) in [4.78, 5) is 2.78. The number of hydrogen-bond donors (Lipinski definition) is 2. The second kappa shape index (κ2) is 7.85. The lowest BCUT2D eigenvalue weighted by molar-refractivity contribution is 0.163. The fourth-order valence-corrected chi connectivity index (χ4v) is 5.61. The predicted octanol–water partition coefficient (Wildman–Crippen LogP) is 2.54. The summed E-state index contributed by atoms with van der Waals surface area (Å²) in [5.41, 5.74) is 3.24. The smallest absolute Gasteiger partial charge is 0.244 e. The van der Waals surface area contributed by atoms with Gasteiger partial charge in [-0.05, 0) is 57.3 Å². The van der Waals surface area contributed by atoms with Crippen molar-refractivity contribution >= 4 is 15.7 Å². The average molecular weight is 404 g/mol. The fraction of sp³-hybridized carbons (Fsp3) is 0.550. The van der Waals surface area contributed by atoms with E-state index in [2.05, 4.69) is 38.6 Å². The highest BCUT2D eigenvalue weighted by atomic mass is 32.2. The van der Waals surface area contributed by atoms with E-state index in [9.17, 15) is 8.42 Å². The van der Waals surface area contributed by atoms with Crippen LogP contribution in [0.5, 0.6) is 0 Å². The summed E-state index contributed by atoms with van der Waals surface area (Å²) < 4.78 is 30.0. The average Bonchev–Trinajstić information content (AvgIpc) is 3.02. The monoisotopic (exact) mass is 403 g/mol. The Kier molecular flexibility index (Phi) is 5.44. The van der Waals surface area contributed by atoms with Crippen LogP contribution in [0.3, 0.4) is 0 Å². The van der Waals surface area contributed by atoms with Crippen molar-refractivity contribution in [1.29, 1.82) is 0 Å². The Balaban J connectivity index is 1.37. The molecule has 0 saturated carbocycles. The van der Waals surface area contributed by atoms with Gasteiger partial charge in [-0.3, -0.25) is 9.58 Å². The van der Waals surface area contributed by atoms with Crippen LogP contribution in [0.2, 0.25) is 0 Å². The molecule has 152 valence electrons. The van der Waals surface area contributed by atoms with Gasteiger partial charge in [-0.15, -0.1) is 0 Å². The Morgan fingerprint density at radius 3 is 2.71 bits per heavy atom. The van der Waals surface area contributed by atoms with E-state index in [0.717, 1.165) is 45.4 Å². The number of anilines is 1. The molecule has 1 atom stereocenters. The van der Waals surface area contributed by atoms with Gasteiger partial charge in [-0.25, -0.2) is 8.42 Å². The molecule has 1 aromatic heterocycles. The minimum absolute atomic E-state index is 0.240. The lowest BCUT2D eigenvalue weighted by atomic mass is 9.93. The molecule has 0 spiro atoms. The first-order valence-corrected chi connectivity index (χ1v) is 11.6. The Labute approximate surface area is 167 Å². The maximum atomic E-state index is 12.6. The third-order valence-electron chi connectivity index (χ3n) is 5.91. The molecule has 2 N–H and O–H groups in total. The van der Waals surface area contributed by atoms with E-state index >= 15 is 0 Å². The van der Waals surface area contributed by atoms with E-state index in [1.165, 1.54) is 11.3 Å². The highest BCUT2D eigenvalue weighted by Crippen LogP contribution is 2.31. The lowest BCUT2D eigenvalue weighted by Crippen LogP contribution is -2.51. The number of nitrogens with one attached hydrogen (secondary N) is 2. The number of hydrogen-bond acceptors (Lipinski definition) is 5. The summed E-state index contributed by atoms with van der Waals surface area (Å²) in [6.07, 6.45) is 4.76. The van der Waals surface area contributed by atoms with Gasteiger partial charge in [-0.2, -0.15) is 9.82 Å². The minimum atomic E-state index is -3.45. The highest BCUT2D eigenvalue weighted by Gasteiger charge is 2.35. The van der Waals surface area contributed by atoms with Crippen molar-refractivity contribution in [2.45, 2.75) is 57.3 Å². The molecule has 0 aliphatic carbocycles. The van der Waals surface area contributed by atoms with Gasteiger partial charge in [0, 0.05) is 24.3 Å². The SMILES string of the molecule is CCCn1ncc(CN2CCC([C@@H]3Nc4ccccc4S(=O)(=O)N3)CC2)c1C.